The third-order valence-corrected chi connectivity index (χ3v) is 2.29. The first kappa shape index (κ1) is 10.8. The highest BCUT2D eigenvalue weighted by molar-refractivity contribution is 5.63. The molecule has 0 aliphatic carbocycles. The minimum Gasteiger partial charge on any atom is -0.351 e. The van der Waals surface area contributed by atoms with Crippen LogP contribution in [-0.2, 0) is 0 Å². The van der Waals surface area contributed by atoms with Crippen LogP contribution in [0.4, 0.5) is 5.82 Å². The van der Waals surface area contributed by atoms with Crippen molar-refractivity contribution in [2.45, 2.75) is 0 Å². The SMILES string of the molecule is NCCN(CCN)c1nccn2cnnc12. The van der Waals surface area contributed by atoms with Gasteiger partial charge in [-0.05, 0) is 0 Å². The fourth-order valence-corrected chi connectivity index (χ4v) is 1.60. The molecular formula is C9H15N7. The van der Waals surface area contributed by atoms with E-state index in [1.807, 2.05) is 15.5 Å². The summed E-state index contributed by atoms with van der Waals surface area (Å²) in [5.74, 6) is 0.774. The Morgan fingerprint density at radius 2 is 2.00 bits per heavy atom. The Hall–Kier alpha value is -1.73. The van der Waals surface area contributed by atoms with Gasteiger partial charge < -0.3 is 16.4 Å². The highest BCUT2D eigenvalue weighted by atomic mass is 15.3. The Balaban J connectivity index is 2.38. The van der Waals surface area contributed by atoms with E-state index in [1.54, 1.807) is 12.5 Å². The molecule has 2 rings (SSSR count). The molecule has 0 spiro atoms. The van der Waals surface area contributed by atoms with Crippen molar-refractivity contribution in [1.82, 2.24) is 19.6 Å². The average Bonchev–Trinajstić information content (AvgIpc) is 2.76. The van der Waals surface area contributed by atoms with Crippen molar-refractivity contribution in [3.05, 3.63) is 18.7 Å². The van der Waals surface area contributed by atoms with Gasteiger partial charge in [-0.25, -0.2) is 4.98 Å². The molecule has 0 bridgehead atoms. The lowest BCUT2D eigenvalue weighted by molar-refractivity contribution is 0.769. The molecule has 7 heteroatoms. The van der Waals surface area contributed by atoms with Gasteiger partial charge in [0.05, 0.1) is 0 Å². The van der Waals surface area contributed by atoms with Crippen LogP contribution in [0.2, 0.25) is 0 Å². The Labute approximate surface area is 93.1 Å². The monoisotopic (exact) mass is 221 g/mol. The summed E-state index contributed by atoms with van der Waals surface area (Å²) in [6, 6.07) is 0. The topological polar surface area (TPSA) is 98.4 Å². The normalized spacial score (nSPS) is 10.9. The molecule has 0 atom stereocenters. The van der Waals surface area contributed by atoms with Crippen LogP contribution in [0, 0.1) is 0 Å². The minimum atomic E-state index is 0.552. The van der Waals surface area contributed by atoms with Gasteiger partial charge in [0.2, 0.25) is 5.65 Å². The van der Waals surface area contributed by atoms with Crippen LogP contribution in [0.5, 0.6) is 0 Å². The number of fused-ring (bicyclic) bond motifs is 1. The maximum absolute atomic E-state index is 5.56. The predicted octanol–water partition coefficient (Wildman–Crippen LogP) is -1.15. The van der Waals surface area contributed by atoms with E-state index in [4.69, 9.17) is 11.5 Å². The highest BCUT2D eigenvalue weighted by Crippen LogP contribution is 2.14. The molecule has 0 unspecified atom stereocenters. The van der Waals surface area contributed by atoms with Crippen LogP contribution in [-0.4, -0.2) is 45.8 Å². The fraction of sp³-hybridized carbons (Fsp3) is 0.444. The summed E-state index contributed by atoms with van der Waals surface area (Å²) in [6.07, 6.45) is 5.16. The molecule has 0 saturated heterocycles. The second-order valence-electron chi connectivity index (χ2n) is 3.38. The summed E-state index contributed by atoms with van der Waals surface area (Å²) < 4.78 is 1.82. The van der Waals surface area contributed by atoms with Crippen LogP contribution in [0.25, 0.3) is 5.65 Å². The van der Waals surface area contributed by atoms with E-state index in [0.29, 0.717) is 26.2 Å². The van der Waals surface area contributed by atoms with E-state index < -0.39 is 0 Å². The summed E-state index contributed by atoms with van der Waals surface area (Å²) in [5.41, 5.74) is 11.9. The first-order valence-electron chi connectivity index (χ1n) is 5.16. The molecule has 0 radical (unpaired) electrons. The Bertz CT molecular complexity index is 446. The number of nitrogens with zero attached hydrogens (tertiary/aromatic N) is 5. The maximum Gasteiger partial charge on any atom is 0.203 e. The largest absolute Gasteiger partial charge is 0.351 e. The molecule has 0 amide bonds. The molecule has 2 aromatic rings. The van der Waals surface area contributed by atoms with E-state index in [9.17, 15) is 0 Å². The molecule has 0 saturated carbocycles. The van der Waals surface area contributed by atoms with E-state index in [-0.39, 0.29) is 0 Å². The molecule has 86 valence electrons. The van der Waals surface area contributed by atoms with Crippen molar-refractivity contribution < 1.29 is 0 Å². The van der Waals surface area contributed by atoms with E-state index >= 15 is 0 Å². The van der Waals surface area contributed by atoms with Crippen LogP contribution in [0.15, 0.2) is 18.7 Å². The van der Waals surface area contributed by atoms with Gasteiger partial charge in [0.25, 0.3) is 0 Å². The van der Waals surface area contributed by atoms with Crippen LogP contribution >= 0.6 is 0 Å². The van der Waals surface area contributed by atoms with Crippen LogP contribution < -0.4 is 16.4 Å². The smallest absolute Gasteiger partial charge is 0.203 e. The van der Waals surface area contributed by atoms with Gasteiger partial charge in [-0.2, -0.15) is 0 Å². The molecule has 0 aliphatic rings. The lowest BCUT2D eigenvalue weighted by atomic mass is 10.4. The van der Waals surface area contributed by atoms with Gasteiger partial charge in [0.15, 0.2) is 5.82 Å². The van der Waals surface area contributed by atoms with Crippen molar-refractivity contribution in [3.8, 4) is 0 Å². The summed E-state index contributed by atoms with van der Waals surface area (Å²) in [6.45, 7) is 2.52. The van der Waals surface area contributed by atoms with Gasteiger partial charge in [0, 0.05) is 38.6 Å². The first-order valence-corrected chi connectivity index (χ1v) is 5.16. The second-order valence-corrected chi connectivity index (χ2v) is 3.38. The minimum absolute atomic E-state index is 0.552. The van der Waals surface area contributed by atoms with E-state index in [0.717, 1.165) is 11.5 Å². The van der Waals surface area contributed by atoms with E-state index in [1.165, 1.54) is 0 Å². The third kappa shape index (κ3) is 1.95. The summed E-state index contributed by atoms with van der Waals surface area (Å²) in [7, 11) is 0. The lowest BCUT2D eigenvalue weighted by Gasteiger charge is -2.21. The fourth-order valence-electron chi connectivity index (χ4n) is 1.60. The standard InChI is InChI=1S/C9H15N7/c10-1-4-15(5-2-11)8-9-14-13-7-16(9)6-3-12-8/h3,6-7H,1-2,4-5,10-11H2. The van der Waals surface area contributed by atoms with Gasteiger partial charge in [0.1, 0.15) is 6.33 Å². The van der Waals surface area contributed by atoms with Crippen LogP contribution in [0.1, 0.15) is 0 Å². The molecule has 7 nitrogen and oxygen atoms in total. The summed E-state index contributed by atoms with van der Waals surface area (Å²) in [5, 5.41) is 7.88. The Morgan fingerprint density at radius 1 is 1.25 bits per heavy atom. The summed E-state index contributed by atoms with van der Waals surface area (Å²) in [4.78, 5) is 6.33. The maximum atomic E-state index is 5.56. The molecule has 0 fully saturated rings. The molecular weight excluding hydrogens is 206 g/mol. The van der Waals surface area contributed by atoms with Crippen molar-refractivity contribution in [1.29, 1.82) is 0 Å². The van der Waals surface area contributed by atoms with Gasteiger partial charge in [-0.15, -0.1) is 10.2 Å². The van der Waals surface area contributed by atoms with Crippen molar-refractivity contribution in [2.24, 2.45) is 11.5 Å². The number of hydrogen-bond acceptors (Lipinski definition) is 6. The van der Waals surface area contributed by atoms with Crippen molar-refractivity contribution in [2.75, 3.05) is 31.1 Å². The number of nitrogens with two attached hydrogens (primary N) is 2. The predicted molar refractivity (Wildman–Crippen MR) is 61.1 cm³/mol. The van der Waals surface area contributed by atoms with Crippen molar-refractivity contribution in [3.63, 3.8) is 0 Å². The van der Waals surface area contributed by atoms with E-state index in [2.05, 4.69) is 15.2 Å². The molecule has 0 aliphatic heterocycles. The highest BCUT2D eigenvalue weighted by Gasteiger charge is 2.11. The lowest BCUT2D eigenvalue weighted by Crippen LogP contribution is -2.34. The first-order chi connectivity index (χ1) is 7.86. The number of anilines is 1. The Morgan fingerprint density at radius 3 is 2.69 bits per heavy atom. The second kappa shape index (κ2) is 4.86. The zero-order chi connectivity index (χ0) is 11.4. The number of aromatic nitrogens is 4. The molecule has 16 heavy (non-hydrogen) atoms. The average molecular weight is 221 g/mol. The van der Waals surface area contributed by atoms with Crippen molar-refractivity contribution >= 4 is 11.5 Å². The number of hydrogen-bond donors (Lipinski definition) is 2. The van der Waals surface area contributed by atoms with Gasteiger partial charge in [-0.3, -0.25) is 4.40 Å². The zero-order valence-electron chi connectivity index (χ0n) is 8.95. The summed E-state index contributed by atoms with van der Waals surface area (Å²) >= 11 is 0. The Kier molecular flexibility index (Phi) is 3.28. The van der Waals surface area contributed by atoms with Gasteiger partial charge in [-0.1, -0.05) is 0 Å². The molecule has 4 N–H and O–H groups in total. The zero-order valence-corrected chi connectivity index (χ0v) is 8.95. The molecule has 0 aromatic carbocycles. The van der Waals surface area contributed by atoms with Gasteiger partial charge >= 0.3 is 0 Å². The third-order valence-electron chi connectivity index (χ3n) is 2.29. The molecule has 2 aromatic heterocycles. The quantitative estimate of drug-likeness (QED) is 0.661. The molecule has 2 heterocycles. The number of rotatable bonds is 5. The van der Waals surface area contributed by atoms with Crippen LogP contribution in [0.3, 0.4) is 0 Å².